The number of likely N-dealkylation sites (tertiary alicyclic amines) is 2. The van der Waals surface area contributed by atoms with Crippen molar-refractivity contribution < 1.29 is 62.6 Å². The minimum Gasteiger partial charge on any atom is -0.506 e. The fraction of sp³-hybridized carbons (Fsp3) is 0.549. The van der Waals surface area contributed by atoms with Gasteiger partial charge in [-0.25, -0.2) is 24.0 Å². The molecule has 2 aliphatic heterocycles. The maximum atomic E-state index is 12.7. The summed E-state index contributed by atoms with van der Waals surface area (Å²) in [6, 6.07) is 15.9. The van der Waals surface area contributed by atoms with E-state index in [1.165, 1.54) is 0 Å². The predicted molar refractivity (Wildman–Crippen MR) is 287 cm³/mol. The molecule has 5 N–H and O–H groups in total. The second-order valence-corrected chi connectivity index (χ2v) is 21.5. The van der Waals surface area contributed by atoms with Gasteiger partial charge in [0.1, 0.15) is 29.3 Å². The van der Waals surface area contributed by atoms with Crippen LogP contribution in [0.5, 0.6) is 11.5 Å². The fourth-order valence-electron chi connectivity index (χ4n) is 6.62. The van der Waals surface area contributed by atoms with Crippen LogP contribution >= 0.6 is 55.1 Å². The lowest BCUT2D eigenvalue weighted by atomic mass is 10.0. The van der Waals surface area contributed by atoms with Gasteiger partial charge in [0.25, 0.3) is 0 Å². The Hall–Kier alpha value is -4.89. The van der Waals surface area contributed by atoms with Gasteiger partial charge in [-0.2, -0.15) is 0 Å². The number of nitrogens with one attached hydrogen (secondary N) is 3. The normalized spacial score (nSPS) is 14.2. The average Bonchev–Trinajstić information content (AvgIpc) is 3.27. The van der Waals surface area contributed by atoms with Crippen LogP contribution in [0, 0.1) is 11.8 Å². The van der Waals surface area contributed by atoms with Gasteiger partial charge >= 0.3 is 30.2 Å². The number of aliphatic hydroxyl groups is 1. The van der Waals surface area contributed by atoms with E-state index in [-0.39, 0.29) is 50.0 Å². The number of ether oxygens (including phenoxy) is 6. The lowest BCUT2D eigenvalue weighted by Crippen LogP contribution is -2.53. The molecule has 2 aliphatic rings. The zero-order chi connectivity index (χ0) is 54.5. The van der Waals surface area contributed by atoms with E-state index in [1.54, 1.807) is 47.9 Å². The van der Waals surface area contributed by atoms with Crippen molar-refractivity contribution in [1.82, 2.24) is 15.1 Å². The lowest BCUT2D eigenvalue weighted by molar-refractivity contribution is -0.153. The van der Waals surface area contributed by atoms with Gasteiger partial charge in [-0.3, -0.25) is 0 Å². The molecule has 18 nitrogen and oxygen atoms in total. The Morgan fingerprint density at radius 2 is 1.21 bits per heavy atom. The molecule has 0 saturated carbocycles. The highest BCUT2D eigenvalue weighted by molar-refractivity contribution is 9.10. The number of esters is 2. The van der Waals surface area contributed by atoms with Crippen LogP contribution in [-0.4, -0.2) is 133 Å². The van der Waals surface area contributed by atoms with E-state index < -0.39 is 41.4 Å². The number of carbonyl (C=O) groups is 5. The highest BCUT2D eigenvalue weighted by atomic mass is 79.9. The van der Waals surface area contributed by atoms with E-state index in [0.717, 1.165) is 12.0 Å². The van der Waals surface area contributed by atoms with Crippen LogP contribution in [0.2, 0.25) is 10.0 Å². The van der Waals surface area contributed by atoms with Gasteiger partial charge in [0.15, 0.2) is 12.2 Å². The monoisotopic (exact) mass is 1190 g/mol. The van der Waals surface area contributed by atoms with Crippen LogP contribution in [0.1, 0.15) is 87.1 Å². The number of nitrogens with zero attached hydrogens (tertiary/aromatic N) is 2. The average molecular weight is 1190 g/mol. The minimum atomic E-state index is -0.996. The third kappa shape index (κ3) is 23.0. The van der Waals surface area contributed by atoms with Crippen molar-refractivity contribution in [2.24, 2.45) is 11.8 Å². The Balaban J connectivity index is 0.000000363. The summed E-state index contributed by atoms with van der Waals surface area (Å²) in [4.78, 5) is 62.9. The van der Waals surface area contributed by atoms with Crippen LogP contribution < -0.4 is 20.7 Å². The smallest absolute Gasteiger partial charge is 0.410 e. The fourth-order valence-corrected chi connectivity index (χ4v) is 7.60. The first-order valence-electron chi connectivity index (χ1n) is 24.1. The summed E-state index contributed by atoms with van der Waals surface area (Å²) in [7, 11) is 0. The minimum absolute atomic E-state index is 0.122. The molecule has 2 fully saturated rings. The van der Waals surface area contributed by atoms with Crippen molar-refractivity contribution in [3.63, 3.8) is 0 Å². The third-order valence-corrected chi connectivity index (χ3v) is 12.7. The number of aromatic hydroxyl groups is 1. The van der Waals surface area contributed by atoms with Crippen molar-refractivity contribution in [3.8, 4) is 11.5 Å². The SMILES string of the molecule is CC(C)(C)OC(=O)N1CC(CNc2cc(Cl)c(Br)cc2O)C1.CCC[C@H](O)C(=O)OCC.CCOC(=O)[C@@H](CCNC(=O)OCc1ccccc1)Oc1cc(Br)c(Cl)cc1NCC1CN(C(=O)OC(C)(C)C)C1. The summed E-state index contributed by atoms with van der Waals surface area (Å²) in [5, 5.41) is 28.9. The Morgan fingerprint density at radius 3 is 1.71 bits per heavy atom. The van der Waals surface area contributed by atoms with Crippen molar-refractivity contribution in [3.05, 3.63) is 79.2 Å². The summed E-state index contributed by atoms with van der Waals surface area (Å²) in [5.41, 5.74) is 1.01. The van der Waals surface area contributed by atoms with E-state index in [2.05, 4.69) is 52.5 Å². The number of rotatable bonds is 19. The molecule has 0 unspecified atom stereocenters. The molecule has 5 rings (SSSR count). The Labute approximate surface area is 455 Å². The Bertz CT molecular complexity index is 2260. The molecule has 3 amide bonds. The molecular formula is C51H71Br2Cl2N5O13. The molecule has 2 saturated heterocycles. The zero-order valence-electron chi connectivity index (χ0n) is 43.0. The number of halogens is 4. The van der Waals surface area contributed by atoms with Crippen LogP contribution in [0.15, 0.2) is 63.5 Å². The van der Waals surface area contributed by atoms with E-state index in [1.807, 2.05) is 78.8 Å². The molecule has 73 heavy (non-hydrogen) atoms. The molecule has 2 atom stereocenters. The predicted octanol–water partition coefficient (Wildman–Crippen LogP) is 10.8. The van der Waals surface area contributed by atoms with Gasteiger partial charge in [0.2, 0.25) is 0 Å². The summed E-state index contributed by atoms with van der Waals surface area (Å²) >= 11 is 19.0. The van der Waals surface area contributed by atoms with Crippen LogP contribution in [0.4, 0.5) is 25.8 Å². The number of benzene rings is 3. The molecule has 0 spiro atoms. The number of phenolic OH excluding ortho intramolecular Hbond substituents is 1. The molecule has 3 aromatic carbocycles. The molecule has 3 aromatic rings. The molecule has 22 heteroatoms. The lowest BCUT2D eigenvalue weighted by Gasteiger charge is -2.40. The molecule has 0 radical (unpaired) electrons. The Morgan fingerprint density at radius 1 is 0.712 bits per heavy atom. The summed E-state index contributed by atoms with van der Waals surface area (Å²) in [6.45, 7) is 20.8. The molecule has 0 aromatic heterocycles. The first-order valence-corrected chi connectivity index (χ1v) is 26.4. The zero-order valence-corrected chi connectivity index (χ0v) is 47.7. The van der Waals surface area contributed by atoms with Gasteiger partial charge in [-0.1, -0.05) is 66.9 Å². The maximum Gasteiger partial charge on any atom is 0.410 e. The van der Waals surface area contributed by atoms with Crippen molar-refractivity contribution in [2.75, 3.05) is 69.7 Å². The van der Waals surface area contributed by atoms with Crippen LogP contribution in [0.3, 0.4) is 0 Å². The number of alkyl carbamates (subject to hydrolysis) is 1. The number of carbonyl (C=O) groups excluding carboxylic acids is 5. The third-order valence-electron chi connectivity index (χ3n) is 10.3. The summed E-state index contributed by atoms with van der Waals surface area (Å²) < 4.78 is 33.1. The summed E-state index contributed by atoms with van der Waals surface area (Å²) in [5.74, 6) is -0.0201. The van der Waals surface area contributed by atoms with Gasteiger partial charge < -0.3 is 64.4 Å². The first-order chi connectivity index (χ1) is 34.3. The number of amides is 3. The highest BCUT2D eigenvalue weighted by Crippen LogP contribution is 2.37. The molecule has 2 heterocycles. The van der Waals surface area contributed by atoms with Crippen LogP contribution in [-0.2, 0) is 39.9 Å². The van der Waals surface area contributed by atoms with E-state index in [4.69, 9.17) is 52.0 Å². The standard InChI is InChI=1S/C29H37BrClN3O7.C15H20BrClN2O3.C7H14O3/c1-5-38-26(35)24(11-12-32-27(36)39-18-19-9-7-6-8-10-19)40-25-13-21(30)22(31)14-23(25)33-15-20-16-34(17-20)28(37)41-29(2,3)4;1-15(2,3)22-14(21)19-7-9(8-19)6-18-12-5-11(17)10(16)4-13(12)20;1-3-5-6(8)7(9)10-4-2/h6-10,13-14,20,24,33H,5,11-12,15-18H2,1-4H3,(H,32,36);4-5,9,18,20H,6-8H2,1-3H3;6,8H,3-5H2,1-2H3/t24-;;6-/m1.0/s1. The second-order valence-electron chi connectivity index (χ2n) is 19.0. The van der Waals surface area contributed by atoms with Gasteiger partial charge in [-0.15, -0.1) is 0 Å². The maximum absolute atomic E-state index is 12.7. The number of phenols is 1. The van der Waals surface area contributed by atoms with Crippen molar-refractivity contribution >= 4 is 96.7 Å². The van der Waals surface area contributed by atoms with Gasteiger partial charge in [-0.05, 0) is 123 Å². The first kappa shape index (κ1) is 62.4. The summed E-state index contributed by atoms with van der Waals surface area (Å²) in [6.07, 6.45) is -1.72. The topological polar surface area (TPSA) is 224 Å². The number of hydrogen-bond donors (Lipinski definition) is 5. The van der Waals surface area contributed by atoms with Crippen molar-refractivity contribution in [1.29, 1.82) is 0 Å². The molecule has 406 valence electrons. The molecular weight excluding hydrogens is 1120 g/mol. The second kappa shape index (κ2) is 30.5. The van der Waals surface area contributed by atoms with Gasteiger partial charge in [0.05, 0.1) is 34.6 Å². The molecule has 0 aliphatic carbocycles. The van der Waals surface area contributed by atoms with E-state index in [9.17, 15) is 29.1 Å². The quantitative estimate of drug-likeness (QED) is 0.0428. The molecule has 0 bridgehead atoms. The van der Waals surface area contributed by atoms with Crippen LogP contribution in [0.25, 0.3) is 0 Å². The number of anilines is 2. The van der Waals surface area contributed by atoms with E-state index in [0.29, 0.717) is 94.3 Å². The largest absolute Gasteiger partial charge is 0.506 e. The number of hydrogen-bond acceptors (Lipinski definition) is 15. The van der Waals surface area contributed by atoms with E-state index >= 15 is 0 Å². The Kier molecular flexibility index (Phi) is 26.0. The van der Waals surface area contributed by atoms with Gasteiger partial charge in [0, 0.05) is 73.0 Å². The number of aliphatic hydroxyl groups excluding tert-OH is 1. The highest BCUT2D eigenvalue weighted by Gasteiger charge is 2.35. The van der Waals surface area contributed by atoms with Crippen molar-refractivity contribution in [2.45, 2.75) is 112 Å².